The van der Waals surface area contributed by atoms with E-state index < -0.39 is 11.7 Å². The van der Waals surface area contributed by atoms with Gasteiger partial charge in [0.05, 0.1) is 5.56 Å². The third-order valence-electron chi connectivity index (χ3n) is 2.61. The lowest BCUT2D eigenvalue weighted by Gasteiger charge is -2.08. The van der Waals surface area contributed by atoms with Gasteiger partial charge in [-0.15, -0.1) is 0 Å². The topological polar surface area (TPSA) is 17.1 Å². The van der Waals surface area contributed by atoms with Crippen LogP contribution in [-0.4, -0.2) is 5.78 Å². The molecule has 1 aromatic carbocycles. The maximum absolute atomic E-state index is 12.3. The van der Waals surface area contributed by atoms with Crippen LogP contribution in [0.4, 0.5) is 13.2 Å². The number of hydrogen-bond donors (Lipinski definition) is 0. The molecular formula is C14H17F3O. The minimum Gasteiger partial charge on any atom is -0.300 e. The molecule has 0 aliphatic carbocycles. The minimum atomic E-state index is -4.30. The highest BCUT2D eigenvalue weighted by Gasteiger charge is 2.29. The zero-order valence-corrected chi connectivity index (χ0v) is 10.6. The molecule has 0 fully saturated rings. The fourth-order valence-electron chi connectivity index (χ4n) is 1.70. The van der Waals surface area contributed by atoms with Crippen LogP contribution in [0.5, 0.6) is 0 Å². The largest absolute Gasteiger partial charge is 0.416 e. The first kappa shape index (κ1) is 14.7. The zero-order valence-electron chi connectivity index (χ0n) is 10.6. The van der Waals surface area contributed by atoms with E-state index in [0.29, 0.717) is 25.2 Å². The summed E-state index contributed by atoms with van der Waals surface area (Å²) in [5.74, 6) is 0.481. The van der Waals surface area contributed by atoms with Gasteiger partial charge >= 0.3 is 6.18 Å². The van der Waals surface area contributed by atoms with Gasteiger partial charge in [-0.25, -0.2) is 0 Å². The van der Waals surface area contributed by atoms with Gasteiger partial charge in [-0.1, -0.05) is 26.0 Å². The van der Waals surface area contributed by atoms with Crippen molar-refractivity contribution in [2.45, 2.75) is 39.3 Å². The van der Waals surface area contributed by atoms with Crippen LogP contribution in [-0.2, 0) is 17.4 Å². The van der Waals surface area contributed by atoms with E-state index in [0.717, 1.165) is 17.7 Å². The molecule has 0 aliphatic rings. The minimum absolute atomic E-state index is 0.157. The predicted molar refractivity (Wildman–Crippen MR) is 64.2 cm³/mol. The molecule has 0 N–H and O–H groups in total. The smallest absolute Gasteiger partial charge is 0.300 e. The van der Waals surface area contributed by atoms with Crippen molar-refractivity contribution in [1.82, 2.24) is 0 Å². The Labute approximate surface area is 105 Å². The molecule has 0 amide bonds. The summed E-state index contributed by atoms with van der Waals surface area (Å²) in [6.45, 7) is 3.94. The van der Waals surface area contributed by atoms with Crippen LogP contribution in [0.2, 0.25) is 0 Å². The van der Waals surface area contributed by atoms with Crippen molar-refractivity contribution in [2.24, 2.45) is 5.92 Å². The number of aryl methyl sites for hydroxylation is 1. The van der Waals surface area contributed by atoms with Crippen LogP contribution in [0, 0.1) is 5.92 Å². The average molecular weight is 258 g/mol. The molecule has 100 valence electrons. The lowest BCUT2D eigenvalue weighted by atomic mass is 10.0. The van der Waals surface area contributed by atoms with E-state index in [-0.39, 0.29) is 5.78 Å². The van der Waals surface area contributed by atoms with Gasteiger partial charge in [-0.3, -0.25) is 4.79 Å². The van der Waals surface area contributed by atoms with Gasteiger partial charge in [0, 0.05) is 12.8 Å². The fourth-order valence-corrected chi connectivity index (χ4v) is 1.70. The number of Topliss-reactive ketones (excluding diaryl/α,β-unsaturated/α-hetero) is 1. The molecule has 1 rings (SSSR count). The summed E-state index contributed by atoms with van der Waals surface area (Å²) < 4.78 is 37.0. The van der Waals surface area contributed by atoms with Crippen molar-refractivity contribution in [3.8, 4) is 0 Å². The Morgan fingerprint density at radius 3 is 2.17 bits per heavy atom. The van der Waals surface area contributed by atoms with Crippen molar-refractivity contribution in [3.63, 3.8) is 0 Å². The highest BCUT2D eigenvalue weighted by molar-refractivity contribution is 5.78. The molecule has 1 aromatic rings. The summed E-state index contributed by atoms with van der Waals surface area (Å²) in [4.78, 5) is 11.5. The monoisotopic (exact) mass is 258 g/mol. The van der Waals surface area contributed by atoms with Crippen LogP contribution in [0.1, 0.15) is 37.8 Å². The standard InChI is InChI=1S/C14H17F3O/c1-10(2)9-13(18)8-5-11-3-6-12(7-4-11)14(15,16)17/h3-4,6-7,10H,5,8-9H2,1-2H3. The van der Waals surface area contributed by atoms with E-state index in [1.165, 1.54) is 12.1 Å². The van der Waals surface area contributed by atoms with Gasteiger partial charge in [0.2, 0.25) is 0 Å². The van der Waals surface area contributed by atoms with E-state index >= 15 is 0 Å². The van der Waals surface area contributed by atoms with Crippen LogP contribution < -0.4 is 0 Å². The molecule has 0 saturated carbocycles. The number of carbonyl (C=O) groups is 1. The summed E-state index contributed by atoms with van der Waals surface area (Å²) in [6, 6.07) is 4.99. The van der Waals surface area contributed by atoms with Crippen LogP contribution in [0.15, 0.2) is 24.3 Å². The first-order chi connectivity index (χ1) is 8.29. The molecule has 0 unspecified atom stereocenters. The Kier molecular flexibility index (Phi) is 4.93. The van der Waals surface area contributed by atoms with Crippen molar-refractivity contribution >= 4 is 5.78 Å². The number of alkyl halides is 3. The van der Waals surface area contributed by atoms with Crippen molar-refractivity contribution < 1.29 is 18.0 Å². The summed E-state index contributed by atoms with van der Waals surface area (Å²) in [5, 5.41) is 0. The van der Waals surface area contributed by atoms with Crippen molar-refractivity contribution in [1.29, 1.82) is 0 Å². The van der Waals surface area contributed by atoms with E-state index in [2.05, 4.69) is 0 Å². The molecule has 0 aromatic heterocycles. The lowest BCUT2D eigenvalue weighted by Crippen LogP contribution is -2.06. The van der Waals surface area contributed by atoms with Gasteiger partial charge in [-0.05, 0) is 30.0 Å². The molecule has 0 radical (unpaired) electrons. The normalized spacial score (nSPS) is 11.9. The molecule has 1 nitrogen and oxygen atoms in total. The molecule has 0 bridgehead atoms. The second-order valence-electron chi connectivity index (χ2n) is 4.83. The molecule has 0 saturated heterocycles. The number of benzene rings is 1. The number of hydrogen-bond acceptors (Lipinski definition) is 1. The number of halogens is 3. The fraction of sp³-hybridized carbons (Fsp3) is 0.500. The van der Waals surface area contributed by atoms with E-state index in [4.69, 9.17) is 0 Å². The van der Waals surface area contributed by atoms with E-state index in [1.54, 1.807) is 0 Å². The first-order valence-electron chi connectivity index (χ1n) is 5.97. The average Bonchev–Trinajstić information content (AvgIpc) is 2.25. The Hall–Kier alpha value is -1.32. The predicted octanol–water partition coefficient (Wildman–Crippen LogP) is 4.25. The third kappa shape index (κ3) is 4.90. The lowest BCUT2D eigenvalue weighted by molar-refractivity contribution is -0.137. The van der Waals surface area contributed by atoms with E-state index in [1.807, 2.05) is 13.8 Å². The van der Waals surface area contributed by atoms with Crippen LogP contribution in [0.25, 0.3) is 0 Å². The molecule has 0 aliphatic heterocycles. The summed E-state index contributed by atoms with van der Waals surface area (Å²) >= 11 is 0. The second-order valence-corrected chi connectivity index (χ2v) is 4.83. The number of carbonyl (C=O) groups excluding carboxylic acids is 1. The SMILES string of the molecule is CC(C)CC(=O)CCc1ccc(C(F)(F)F)cc1. The maximum Gasteiger partial charge on any atom is 0.416 e. The van der Waals surface area contributed by atoms with Crippen molar-refractivity contribution in [2.75, 3.05) is 0 Å². The van der Waals surface area contributed by atoms with Gasteiger partial charge in [0.1, 0.15) is 5.78 Å². The summed E-state index contributed by atoms with van der Waals surface area (Å²) in [6.07, 6.45) is -2.88. The second kappa shape index (κ2) is 6.03. The molecule has 0 spiro atoms. The third-order valence-corrected chi connectivity index (χ3v) is 2.61. The molecule has 4 heteroatoms. The Bertz CT molecular complexity index is 390. The van der Waals surface area contributed by atoms with Gasteiger partial charge in [0.25, 0.3) is 0 Å². The Morgan fingerprint density at radius 1 is 1.17 bits per heavy atom. The molecule has 0 heterocycles. The van der Waals surface area contributed by atoms with Crippen LogP contribution >= 0.6 is 0 Å². The number of ketones is 1. The first-order valence-corrected chi connectivity index (χ1v) is 5.97. The Morgan fingerprint density at radius 2 is 1.72 bits per heavy atom. The van der Waals surface area contributed by atoms with Gasteiger partial charge < -0.3 is 0 Å². The highest BCUT2D eigenvalue weighted by Crippen LogP contribution is 2.29. The van der Waals surface area contributed by atoms with Gasteiger partial charge in [-0.2, -0.15) is 13.2 Å². The van der Waals surface area contributed by atoms with E-state index in [9.17, 15) is 18.0 Å². The maximum atomic E-state index is 12.3. The molecular weight excluding hydrogens is 241 g/mol. The van der Waals surface area contributed by atoms with Crippen molar-refractivity contribution in [3.05, 3.63) is 35.4 Å². The highest BCUT2D eigenvalue weighted by atomic mass is 19.4. The zero-order chi connectivity index (χ0) is 13.8. The van der Waals surface area contributed by atoms with Crippen LogP contribution in [0.3, 0.4) is 0 Å². The summed E-state index contributed by atoms with van der Waals surface area (Å²) in [5.41, 5.74) is 0.111. The summed E-state index contributed by atoms with van der Waals surface area (Å²) in [7, 11) is 0. The quantitative estimate of drug-likeness (QED) is 0.771. The molecule has 18 heavy (non-hydrogen) atoms. The number of rotatable bonds is 5. The van der Waals surface area contributed by atoms with Gasteiger partial charge in [0.15, 0.2) is 0 Å². The Balaban J connectivity index is 2.52. The molecule has 0 atom stereocenters.